The van der Waals surface area contributed by atoms with Gasteiger partial charge in [-0.2, -0.15) is 13.2 Å². The first kappa shape index (κ1) is 17.2. The molecule has 2 aromatic rings. The van der Waals surface area contributed by atoms with E-state index in [-0.39, 0.29) is 22.1 Å². The van der Waals surface area contributed by atoms with Crippen molar-refractivity contribution in [1.82, 2.24) is 0 Å². The van der Waals surface area contributed by atoms with E-state index in [9.17, 15) is 22.8 Å². The third-order valence-electron chi connectivity index (χ3n) is 3.02. The van der Waals surface area contributed by atoms with Gasteiger partial charge in [-0.15, -0.1) is 0 Å². The molecular formula is C16H11BrF3NO2. The number of rotatable bonds is 4. The fraction of sp³-hybridized carbons (Fsp3) is 0.125. The summed E-state index contributed by atoms with van der Waals surface area (Å²) < 4.78 is 38.7. The summed E-state index contributed by atoms with van der Waals surface area (Å²) in [6, 6.07) is 10.6. The Morgan fingerprint density at radius 2 is 1.70 bits per heavy atom. The zero-order chi connectivity index (χ0) is 17.0. The molecule has 0 aliphatic heterocycles. The number of hydrogen-bond donors (Lipinski definition) is 1. The number of carbonyl (C=O) groups excluding carboxylic acids is 2. The maximum absolute atomic E-state index is 12.9. The quantitative estimate of drug-likeness (QED) is 0.630. The minimum absolute atomic E-state index is 0.0347. The van der Waals surface area contributed by atoms with Crippen molar-refractivity contribution in [3.63, 3.8) is 0 Å². The molecule has 0 saturated carbocycles. The smallest absolute Gasteiger partial charge is 0.325 e. The molecule has 0 aliphatic carbocycles. The van der Waals surface area contributed by atoms with E-state index in [0.717, 1.165) is 18.2 Å². The van der Waals surface area contributed by atoms with Gasteiger partial charge in [-0.25, -0.2) is 0 Å². The van der Waals surface area contributed by atoms with Gasteiger partial charge in [0.25, 0.3) is 0 Å². The van der Waals surface area contributed by atoms with Crippen molar-refractivity contribution in [1.29, 1.82) is 0 Å². The Bertz CT molecular complexity index is 730. The van der Waals surface area contributed by atoms with Crippen molar-refractivity contribution < 1.29 is 22.8 Å². The van der Waals surface area contributed by atoms with Crippen molar-refractivity contribution in [3.8, 4) is 0 Å². The van der Waals surface area contributed by atoms with Crippen molar-refractivity contribution in [2.75, 3.05) is 10.6 Å². The molecule has 2 rings (SSSR count). The fourth-order valence-electron chi connectivity index (χ4n) is 1.95. The average molecular weight is 386 g/mol. The van der Waals surface area contributed by atoms with Crippen LogP contribution < -0.4 is 5.32 Å². The maximum Gasteiger partial charge on any atom is 0.416 e. The molecule has 0 aromatic heterocycles. The minimum Gasteiger partial charge on any atom is -0.325 e. The Hall–Kier alpha value is -2.15. The molecule has 3 nitrogen and oxygen atoms in total. The zero-order valence-corrected chi connectivity index (χ0v) is 13.2. The van der Waals surface area contributed by atoms with Gasteiger partial charge in [0.1, 0.15) is 0 Å². The molecule has 0 saturated heterocycles. The molecule has 1 N–H and O–H groups in total. The molecule has 0 fully saturated rings. The first-order chi connectivity index (χ1) is 10.8. The van der Waals surface area contributed by atoms with Crippen LogP contribution in [-0.2, 0) is 11.0 Å². The van der Waals surface area contributed by atoms with E-state index in [1.54, 1.807) is 18.2 Å². The lowest BCUT2D eigenvalue weighted by molar-refractivity contribution is -0.137. The monoisotopic (exact) mass is 385 g/mol. The largest absolute Gasteiger partial charge is 0.416 e. The molecule has 120 valence electrons. The molecule has 23 heavy (non-hydrogen) atoms. The number of benzene rings is 2. The summed E-state index contributed by atoms with van der Waals surface area (Å²) in [6.07, 6.45) is -4.58. The molecule has 0 unspecified atom stereocenters. The van der Waals surface area contributed by atoms with Crippen LogP contribution in [0.2, 0.25) is 0 Å². The molecule has 7 heteroatoms. The Kier molecular flexibility index (Phi) is 5.20. The fourth-order valence-corrected chi connectivity index (χ4v) is 2.09. The molecule has 0 atom stereocenters. The second-order valence-electron chi connectivity index (χ2n) is 4.64. The number of amides is 1. The van der Waals surface area contributed by atoms with Crippen LogP contribution in [0.3, 0.4) is 0 Å². The van der Waals surface area contributed by atoms with Crippen LogP contribution in [0.25, 0.3) is 0 Å². The van der Waals surface area contributed by atoms with Crippen LogP contribution in [-0.4, -0.2) is 17.0 Å². The topological polar surface area (TPSA) is 46.2 Å². The number of alkyl halides is 4. The van der Waals surface area contributed by atoms with Crippen LogP contribution >= 0.6 is 15.9 Å². The van der Waals surface area contributed by atoms with Crippen molar-refractivity contribution in [3.05, 3.63) is 65.2 Å². The number of halogens is 4. The van der Waals surface area contributed by atoms with Gasteiger partial charge in [-0.05, 0) is 18.2 Å². The first-order valence-corrected chi connectivity index (χ1v) is 7.62. The Morgan fingerprint density at radius 1 is 1.04 bits per heavy atom. The van der Waals surface area contributed by atoms with E-state index >= 15 is 0 Å². The highest BCUT2D eigenvalue weighted by Crippen LogP contribution is 2.32. The van der Waals surface area contributed by atoms with Crippen LogP contribution in [0.5, 0.6) is 0 Å². The number of anilines is 1. The van der Waals surface area contributed by atoms with Gasteiger partial charge in [0.15, 0.2) is 5.78 Å². The van der Waals surface area contributed by atoms with E-state index < -0.39 is 23.4 Å². The third-order valence-corrected chi connectivity index (χ3v) is 3.53. The average Bonchev–Trinajstić information content (AvgIpc) is 2.54. The van der Waals surface area contributed by atoms with Gasteiger partial charge in [0.05, 0.1) is 16.6 Å². The van der Waals surface area contributed by atoms with Gasteiger partial charge in [0, 0.05) is 11.1 Å². The highest BCUT2D eigenvalue weighted by atomic mass is 79.9. The maximum atomic E-state index is 12.9. The molecule has 1 amide bonds. The van der Waals surface area contributed by atoms with Gasteiger partial charge in [0.2, 0.25) is 5.91 Å². The van der Waals surface area contributed by atoms with E-state index in [1.807, 2.05) is 0 Å². The molecule has 0 heterocycles. The predicted molar refractivity (Wildman–Crippen MR) is 83.7 cm³/mol. The van der Waals surface area contributed by atoms with E-state index in [4.69, 9.17) is 0 Å². The second kappa shape index (κ2) is 6.95. The second-order valence-corrected chi connectivity index (χ2v) is 5.20. The lowest BCUT2D eigenvalue weighted by Crippen LogP contribution is -2.17. The molecule has 2 aromatic carbocycles. The first-order valence-electron chi connectivity index (χ1n) is 6.49. The Labute approximate surface area is 138 Å². The summed E-state index contributed by atoms with van der Waals surface area (Å²) in [5.74, 6) is -1.06. The van der Waals surface area contributed by atoms with Gasteiger partial charge < -0.3 is 5.32 Å². The number of ketones is 1. The molecule has 0 bridgehead atoms. The molecular weight excluding hydrogens is 375 g/mol. The normalized spacial score (nSPS) is 11.1. The lowest BCUT2D eigenvalue weighted by Gasteiger charge is -2.13. The molecule has 0 spiro atoms. The van der Waals surface area contributed by atoms with Crippen molar-refractivity contribution in [2.45, 2.75) is 6.18 Å². The van der Waals surface area contributed by atoms with Crippen molar-refractivity contribution >= 4 is 33.3 Å². The van der Waals surface area contributed by atoms with Gasteiger partial charge >= 0.3 is 6.18 Å². The van der Waals surface area contributed by atoms with Crippen LogP contribution in [0.1, 0.15) is 21.5 Å². The van der Waals surface area contributed by atoms with Gasteiger partial charge in [-0.1, -0.05) is 46.3 Å². The van der Waals surface area contributed by atoms with E-state index in [1.165, 1.54) is 12.1 Å². The van der Waals surface area contributed by atoms with Crippen LogP contribution in [0, 0.1) is 0 Å². The number of nitrogens with one attached hydrogen (secondary N) is 1. The van der Waals surface area contributed by atoms with Gasteiger partial charge in [-0.3, -0.25) is 9.59 Å². The Morgan fingerprint density at radius 3 is 2.26 bits per heavy atom. The van der Waals surface area contributed by atoms with E-state index in [0.29, 0.717) is 0 Å². The molecule has 0 radical (unpaired) electrons. The van der Waals surface area contributed by atoms with Crippen LogP contribution in [0.15, 0.2) is 48.5 Å². The van der Waals surface area contributed by atoms with Crippen molar-refractivity contribution in [2.24, 2.45) is 0 Å². The summed E-state index contributed by atoms with van der Waals surface area (Å²) in [4.78, 5) is 24.0. The number of hydrogen-bond acceptors (Lipinski definition) is 2. The zero-order valence-electron chi connectivity index (χ0n) is 11.7. The minimum atomic E-state index is -4.58. The van der Waals surface area contributed by atoms with E-state index in [2.05, 4.69) is 21.2 Å². The highest BCUT2D eigenvalue weighted by Gasteiger charge is 2.32. The van der Waals surface area contributed by atoms with Crippen LogP contribution in [0.4, 0.5) is 18.9 Å². The summed E-state index contributed by atoms with van der Waals surface area (Å²) in [7, 11) is 0. The summed E-state index contributed by atoms with van der Waals surface area (Å²) in [6.45, 7) is 0. The number of carbonyl (C=O) groups is 2. The third kappa shape index (κ3) is 4.19. The standard InChI is InChI=1S/C16H11BrF3NO2/c17-9-14(22)21-13-7-6-11(16(18,19)20)8-12(13)15(23)10-4-2-1-3-5-10/h1-8H,9H2,(H,21,22). The predicted octanol–water partition coefficient (Wildman–Crippen LogP) is 4.27. The summed E-state index contributed by atoms with van der Waals surface area (Å²) in [5.41, 5.74) is -0.883. The highest BCUT2D eigenvalue weighted by molar-refractivity contribution is 9.09. The summed E-state index contributed by atoms with van der Waals surface area (Å²) >= 11 is 2.95. The Balaban J connectivity index is 2.52. The SMILES string of the molecule is O=C(CBr)Nc1ccc(C(F)(F)F)cc1C(=O)c1ccccc1. The molecule has 0 aliphatic rings. The summed E-state index contributed by atoms with van der Waals surface area (Å²) in [5, 5.41) is 2.38. The lowest BCUT2D eigenvalue weighted by atomic mass is 9.99.